The molecule has 7 heteroatoms. The van der Waals surface area contributed by atoms with Crippen molar-refractivity contribution in [2.24, 2.45) is 0 Å². The second kappa shape index (κ2) is 7.08. The first-order valence-electron chi connectivity index (χ1n) is 5.09. The van der Waals surface area contributed by atoms with Gasteiger partial charge in [-0.3, -0.25) is 4.79 Å². The molecule has 1 aromatic rings. The third kappa shape index (κ3) is 4.81. The van der Waals surface area contributed by atoms with E-state index in [9.17, 15) is 9.59 Å². The monoisotopic (exact) mass is 291 g/mol. The highest BCUT2D eigenvalue weighted by Gasteiger charge is 2.08. The minimum atomic E-state index is -0.595. The SMILES string of the molecule is CCC(=O)ONC(=O)COc1ccc(Cl)cc1Cl. The van der Waals surface area contributed by atoms with Gasteiger partial charge < -0.3 is 9.57 Å². The van der Waals surface area contributed by atoms with Crippen LogP contribution in [0.25, 0.3) is 0 Å². The van der Waals surface area contributed by atoms with Crippen LogP contribution in [0.15, 0.2) is 18.2 Å². The number of hydrogen-bond donors (Lipinski definition) is 1. The highest BCUT2D eigenvalue weighted by atomic mass is 35.5. The van der Waals surface area contributed by atoms with Crippen molar-refractivity contribution in [2.45, 2.75) is 13.3 Å². The summed E-state index contributed by atoms with van der Waals surface area (Å²) in [6.07, 6.45) is 0.171. The van der Waals surface area contributed by atoms with Crippen LogP contribution in [-0.2, 0) is 14.4 Å². The molecule has 0 aliphatic rings. The second-order valence-corrected chi connectivity index (χ2v) is 4.06. The van der Waals surface area contributed by atoms with Gasteiger partial charge >= 0.3 is 5.97 Å². The lowest BCUT2D eigenvalue weighted by molar-refractivity contribution is -0.158. The van der Waals surface area contributed by atoms with Crippen LogP contribution in [0.1, 0.15) is 13.3 Å². The van der Waals surface area contributed by atoms with Crippen molar-refractivity contribution in [1.29, 1.82) is 0 Å². The summed E-state index contributed by atoms with van der Waals surface area (Å²) in [6.45, 7) is 1.29. The maximum absolute atomic E-state index is 11.2. The number of halogens is 2. The first-order valence-corrected chi connectivity index (χ1v) is 5.85. The number of rotatable bonds is 4. The third-order valence-electron chi connectivity index (χ3n) is 1.82. The number of amides is 1. The molecule has 5 nitrogen and oxygen atoms in total. The van der Waals surface area contributed by atoms with Crippen LogP contribution in [0.4, 0.5) is 0 Å². The van der Waals surface area contributed by atoms with E-state index >= 15 is 0 Å². The summed E-state index contributed by atoms with van der Waals surface area (Å²) in [4.78, 5) is 26.4. The van der Waals surface area contributed by atoms with E-state index in [4.69, 9.17) is 27.9 Å². The van der Waals surface area contributed by atoms with Crippen molar-refractivity contribution in [2.75, 3.05) is 6.61 Å². The van der Waals surface area contributed by atoms with Gasteiger partial charge in [0.25, 0.3) is 5.91 Å². The second-order valence-electron chi connectivity index (χ2n) is 3.22. The van der Waals surface area contributed by atoms with Crippen molar-refractivity contribution in [3.8, 4) is 5.75 Å². The highest BCUT2D eigenvalue weighted by molar-refractivity contribution is 6.35. The average Bonchev–Trinajstić information content (AvgIpc) is 2.34. The molecule has 0 radical (unpaired) electrons. The van der Waals surface area contributed by atoms with Gasteiger partial charge in [0, 0.05) is 11.4 Å². The van der Waals surface area contributed by atoms with Crippen LogP contribution < -0.4 is 10.2 Å². The number of ether oxygens (including phenoxy) is 1. The molecule has 1 rings (SSSR count). The van der Waals surface area contributed by atoms with Gasteiger partial charge in [-0.2, -0.15) is 5.48 Å². The summed E-state index contributed by atoms with van der Waals surface area (Å²) in [7, 11) is 0. The molecule has 1 aromatic carbocycles. The molecule has 0 heterocycles. The maximum Gasteiger partial charge on any atom is 0.331 e. The van der Waals surface area contributed by atoms with E-state index in [2.05, 4.69) is 4.84 Å². The van der Waals surface area contributed by atoms with E-state index in [1.165, 1.54) is 12.1 Å². The topological polar surface area (TPSA) is 64.6 Å². The van der Waals surface area contributed by atoms with E-state index < -0.39 is 11.9 Å². The number of hydroxylamine groups is 1. The Hall–Kier alpha value is -1.46. The largest absolute Gasteiger partial charge is 0.482 e. The van der Waals surface area contributed by atoms with Gasteiger partial charge in [0.1, 0.15) is 5.75 Å². The summed E-state index contributed by atoms with van der Waals surface area (Å²) in [6, 6.07) is 4.61. The molecule has 0 aliphatic carbocycles. The quantitative estimate of drug-likeness (QED) is 0.865. The molecule has 0 bridgehead atoms. The van der Waals surface area contributed by atoms with Crippen molar-refractivity contribution < 1.29 is 19.2 Å². The van der Waals surface area contributed by atoms with Crippen LogP contribution in [0.5, 0.6) is 5.75 Å². The molecule has 0 atom stereocenters. The van der Waals surface area contributed by atoms with Crippen molar-refractivity contribution in [3.63, 3.8) is 0 Å². The Balaban J connectivity index is 2.40. The van der Waals surface area contributed by atoms with Crippen molar-refractivity contribution >= 4 is 35.1 Å². The van der Waals surface area contributed by atoms with Gasteiger partial charge in [0.05, 0.1) is 5.02 Å². The lowest BCUT2D eigenvalue weighted by Crippen LogP contribution is -2.31. The molecule has 0 aliphatic heterocycles. The predicted octanol–water partition coefficient (Wildman–Crippen LogP) is 2.36. The Morgan fingerprint density at radius 3 is 2.67 bits per heavy atom. The van der Waals surface area contributed by atoms with Crippen LogP contribution in [0.2, 0.25) is 10.0 Å². The van der Waals surface area contributed by atoms with E-state index in [-0.39, 0.29) is 13.0 Å². The zero-order valence-corrected chi connectivity index (χ0v) is 11.0. The molecule has 0 fully saturated rings. The number of carbonyl (C=O) groups is 2. The zero-order chi connectivity index (χ0) is 13.5. The molecule has 0 spiro atoms. The molecule has 98 valence electrons. The number of benzene rings is 1. The van der Waals surface area contributed by atoms with E-state index in [1.54, 1.807) is 13.0 Å². The molecular formula is C11H11Cl2NO4. The van der Waals surface area contributed by atoms with Gasteiger partial charge in [-0.25, -0.2) is 4.79 Å². The summed E-state index contributed by atoms with van der Waals surface area (Å²) in [5.74, 6) is -0.811. The van der Waals surface area contributed by atoms with Crippen molar-refractivity contribution in [3.05, 3.63) is 28.2 Å². The third-order valence-corrected chi connectivity index (χ3v) is 2.35. The van der Waals surface area contributed by atoms with Crippen molar-refractivity contribution in [1.82, 2.24) is 5.48 Å². The fourth-order valence-electron chi connectivity index (χ4n) is 0.951. The van der Waals surface area contributed by atoms with Gasteiger partial charge in [-0.1, -0.05) is 30.1 Å². The fourth-order valence-corrected chi connectivity index (χ4v) is 1.41. The highest BCUT2D eigenvalue weighted by Crippen LogP contribution is 2.27. The molecule has 0 saturated heterocycles. The molecule has 0 saturated carbocycles. The molecule has 18 heavy (non-hydrogen) atoms. The first-order chi connectivity index (χ1) is 8.52. The Labute approximate surface area is 114 Å². The van der Waals surface area contributed by atoms with E-state index in [1.807, 2.05) is 5.48 Å². The average molecular weight is 292 g/mol. The fraction of sp³-hybridized carbons (Fsp3) is 0.273. The molecule has 0 unspecified atom stereocenters. The number of hydrogen-bond acceptors (Lipinski definition) is 4. The normalized spacial score (nSPS) is 9.72. The Morgan fingerprint density at radius 1 is 1.33 bits per heavy atom. The smallest absolute Gasteiger partial charge is 0.331 e. The molecule has 0 aromatic heterocycles. The van der Waals surface area contributed by atoms with Crippen LogP contribution in [0.3, 0.4) is 0 Å². The maximum atomic E-state index is 11.2. The minimum Gasteiger partial charge on any atom is -0.482 e. The van der Waals surface area contributed by atoms with Crippen LogP contribution in [-0.4, -0.2) is 18.5 Å². The van der Waals surface area contributed by atoms with Gasteiger partial charge in [0.15, 0.2) is 6.61 Å². The molecule has 1 amide bonds. The standard InChI is InChI=1S/C11H11Cl2NO4/c1-2-11(16)18-14-10(15)6-17-9-4-3-7(12)5-8(9)13/h3-5H,2,6H2,1H3,(H,14,15). The van der Waals surface area contributed by atoms with Crippen LogP contribution in [0, 0.1) is 0 Å². The summed E-state index contributed by atoms with van der Waals surface area (Å²) >= 11 is 11.5. The number of nitrogens with one attached hydrogen (secondary N) is 1. The Bertz CT molecular complexity index is 451. The summed E-state index contributed by atoms with van der Waals surface area (Å²) in [5, 5.41) is 0.759. The first kappa shape index (κ1) is 14.6. The van der Waals surface area contributed by atoms with Gasteiger partial charge in [-0.05, 0) is 18.2 Å². The minimum absolute atomic E-state index is 0.171. The molecule has 1 N–H and O–H groups in total. The Morgan fingerprint density at radius 2 is 2.06 bits per heavy atom. The predicted molar refractivity (Wildman–Crippen MR) is 66.5 cm³/mol. The van der Waals surface area contributed by atoms with Crippen LogP contribution >= 0.6 is 23.2 Å². The van der Waals surface area contributed by atoms with Gasteiger partial charge in [0.2, 0.25) is 0 Å². The summed E-state index contributed by atoms with van der Waals surface area (Å²) in [5.41, 5.74) is 1.95. The zero-order valence-electron chi connectivity index (χ0n) is 9.54. The lowest BCUT2D eigenvalue weighted by atomic mass is 10.3. The Kier molecular flexibility index (Phi) is 5.74. The molecular weight excluding hydrogens is 281 g/mol. The van der Waals surface area contributed by atoms with E-state index in [0.29, 0.717) is 15.8 Å². The number of carbonyl (C=O) groups excluding carboxylic acids is 2. The van der Waals surface area contributed by atoms with E-state index in [0.717, 1.165) is 0 Å². The lowest BCUT2D eigenvalue weighted by Gasteiger charge is -2.08. The summed E-state index contributed by atoms with van der Waals surface area (Å²) < 4.78 is 5.13. The van der Waals surface area contributed by atoms with Gasteiger partial charge in [-0.15, -0.1) is 0 Å².